The lowest BCUT2D eigenvalue weighted by molar-refractivity contribution is 0.0945. The summed E-state index contributed by atoms with van der Waals surface area (Å²) in [5.74, 6) is 0.274. The number of carbonyl (C=O) groups excluding carboxylic acids is 1. The van der Waals surface area contributed by atoms with Crippen molar-refractivity contribution in [2.24, 2.45) is 0 Å². The zero-order valence-corrected chi connectivity index (χ0v) is 19.4. The first kappa shape index (κ1) is 23.0. The minimum Gasteiger partial charge on any atom is -0.497 e. The van der Waals surface area contributed by atoms with Crippen LogP contribution in [0.1, 0.15) is 27.2 Å². The van der Waals surface area contributed by atoms with Crippen LogP contribution >= 0.6 is 11.3 Å². The number of amides is 1. The largest absolute Gasteiger partial charge is 0.497 e. The van der Waals surface area contributed by atoms with Gasteiger partial charge in [-0.3, -0.25) is 14.5 Å². The van der Waals surface area contributed by atoms with Crippen LogP contribution in [0.15, 0.2) is 45.9 Å². The quantitative estimate of drug-likeness (QED) is 0.574. The molecule has 0 unspecified atom stereocenters. The Hall–Kier alpha value is -3.17. The van der Waals surface area contributed by atoms with Gasteiger partial charge in [0.05, 0.1) is 14.2 Å². The van der Waals surface area contributed by atoms with Crippen molar-refractivity contribution < 1.29 is 18.7 Å². The lowest BCUT2D eigenvalue weighted by Crippen LogP contribution is -2.31. The maximum Gasteiger partial charge on any atom is 0.257 e. The Bertz CT molecular complexity index is 1190. The SMILES string of the molecule is COc1ccc(F)c(CN2CCc3c(C(=O)NCc4ccsc4)c(OC)cc(=O)n3CC2)c1. The van der Waals surface area contributed by atoms with Crippen LogP contribution in [0.5, 0.6) is 11.5 Å². The third-order valence-corrected chi connectivity index (χ3v) is 6.55. The summed E-state index contributed by atoms with van der Waals surface area (Å²) in [5.41, 5.74) is 2.33. The monoisotopic (exact) mass is 471 g/mol. The van der Waals surface area contributed by atoms with E-state index in [1.54, 1.807) is 35.1 Å². The number of halogens is 1. The van der Waals surface area contributed by atoms with E-state index in [1.165, 1.54) is 19.2 Å². The normalized spacial score (nSPS) is 13.8. The minimum atomic E-state index is -0.301. The second kappa shape index (κ2) is 10.2. The number of nitrogens with one attached hydrogen (secondary N) is 1. The van der Waals surface area contributed by atoms with Crippen LogP contribution in [0.4, 0.5) is 4.39 Å². The molecule has 4 rings (SSSR count). The van der Waals surface area contributed by atoms with E-state index in [1.807, 2.05) is 16.8 Å². The maximum atomic E-state index is 14.4. The van der Waals surface area contributed by atoms with Crippen molar-refractivity contribution in [3.05, 3.63) is 79.6 Å². The predicted octanol–water partition coefficient (Wildman–Crippen LogP) is 3.05. The summed E-state index contributed by atoms with van der Waals surface area (Å²) in [4.78, 5) is 28.0. The molecule has 174 valence electrons. The fourth-order valence-corrected chi connectivity index (χ4v) is 4.73. The summed E-state index contributed by atoms with van der Waals surface area (Å²) in [5, 5.41) is 6.86. The molecule has 1 amide bonds. The molecule has 0 aliphatic carbocycles. The second-order valence-corrected chi connectivity index (χ2v) is 8.60. The summed E-state index contributed by atoms with van der Waals surface area (Å²) in [7, 11) is 3.00. The van der Waals surface area contributed by atoms with Crippen molar-refractivity contribution in [2.75, 3.05) is 27.3 Å². The van der Waals surface area contributed by atoms with Crippen LogP contribution in [0.3, 0.4) is 0 Å². The lowest BCUT2D eigenvalue weighted by atomic mass is 10.1. The Kier molecular flexibility index (Phi) is 7.10. The van der Waals surface area contributed by atoms with Gasteiger partial charge in [0.1, 0.15) is 22.9 Å². The molecule has 0 atom stereocenters. The highest BCUT2D eigenvalue weighted by Gasteiger charge is 2.25. The van der Waals surface area contributed by atoms with Crippen molar-refractivity contribution in [2.45, 2.75) is 26.1 Å². The van der Waals surface area contributed by atoms with Crippen LogP contribution in [-0.2, 0) is 26.1 Å². The predicted molar refractivity (Wildman–Crippen MR) is 125 cm³/mol. The highest BCUT2D eigenvalue weighted by atomic mass is 32.1. The van der Waals surface area contributed by atoms with E-state index in [9.17, 15) is 14.0 Å². The molecular formula is C24H26FN3O4S. The number of carbonyl (C=O) groups is 1. The average Bonchev–Trinajstić information content (AvgIpc) is 3.25. The van der Waals surface area contributed by atoms with Crippen LogP contribution in [0, 0.1) is 5.82 Å². The summed E-state index contributed by atoms with van der Waals surface area (Å²) in [6.45, 7) is 2.28. The Morgan fingerprint density at radius 3 is 2.73 bits per heavy atom. The van der Waals surface area contributed by atoms with Gasteiger partial charge in [-0.05, 0) is 40.6 Å². The van der Waals surface area contributed by atoms with E-state index in [0.717, 1.165) is 5.56 Å². The van der Waals surface area contributed by atoms with Gasteiger partial charge in [-0.1, -0.05) is 0 Å². The molecule has 0 saturated carbocycles. The Balaban J connectivity index is 1.58. The number of rotatable bonds is 7. The number of thiophene rings is 1. The number of fused-ring (bicyclic) bond motifs is 1. The molecule has 2 aromatic heterocycles. The number of pyridine rings is 1. The summed E-state index contributed by atoms with van der Waals surface area (Å²) >= 11 is 1.56. The first-order valence-electron chi connectivity index (χ1n) is 10.6. The standard InChI is InChI=1S/C24H26FN3O4S/c1-31-18-3-4-19(25)17(11-18)14-27-7-5-20-23(24(30)26-13-16-6-10-33-15-16)21(32-2)12-22(29)28(20)9-8-27/h3-4,6,10-12,15H,5,7-9,13-14H2,1-2H3,(H,26,30). The fourth-order valence-electron chi connectivity index (χ4n) is 4.06. The number of ether oxygens (including phenoxy) is 2. The average molecular weight is 472 g/mol. The van der Waals surface area contributed by atoms with Gasteiger partial charge in [0.2, 0.25) is 0 Å². The van der Waals surface area contributed by atoms with Gasteiger partial charge in [-0.15, -0.1) is 0 Å². The van der Waals surface area contributed by atoms with E-state index in [4.69, 9.17) is 9.47 Å². The van der Waals surface area contributed by atoms with Gasteiger partial charge in [0.25, 0.3) is 11.5 Å². The maximum absolute atomic E-state index is 14.4. The van der Waals surface area contributed by atoms with Gasteiger partial charge < -0.3 is 19.4 Å². The molecule has 3 heterocycles. The molecule has 1 aromatic carbocycles. The molecule has 0 saturated heterocycles. The fraction of sp³-hybridized carbons (Fsp3) is 0.333. The van der Waals surface area contributed by atoms with E-state index in [2.05, 4.69) is 10.2 Å². The molecule has 1 N–H and O–H groups in total. The molecule has 1 aliphatic rings. The molecule has 0 radical (unpaired) electrons. The zero-order valence-electron chi connectivity index (χ0n) is 18.6. The molecule has 1 aliphatic heterocycles. The van der Waals surface area contributed by atoms with Gasteiger partial charge in [-0.2, -0.15) is 11.3 Å². The zero-order chi connectivity index (χ0) is 23.4. The number of methoxy groups -OCH3 is 2. The second-order valence-electron chi connectivity index (χ2n) is 7.82. The highest BCUT2D eigenvalue weighted by Crippen LogP contribution is 2.24. The van der Waals surface area contributed by atoms with Gasteiger partial charge in [0, 0.05) is 56.5 Å². The summed E-state index contributed by atoms with van der Waals surface area (Å²) in [6, 6.07) is 7.98. The number of hydrogen-bond acceptors (Lipinski definition) is 6. The number of benzene rings is 1. The van der Waals surface area contributed by atoms with Crippen LogP contribution in [-0.4, -0.2) is 42.7 Å². The van der Waals surface area contributed by atoms with E-state index in [0.29, 0.717) is 61.7 Å². The van der Waals surface area contributed by atoms with Crippen molar-refractivity contribution >= 4 is 17.2 Å². The van der Waals surface area contributed by atoms with E-state index < -0.39 is 0 Å². The molecule has 33 heavy (non-hydrogen) atoms. The number of nitrogens with zero attached hydrogens (tertiary/aromatic N) is 2. The van der Waals surface area contributed by atoms with Crippen molar-refractivity contribution in [1.29, 1.82) is 0 Å². The third-order valence-electron chi connectivity index (χ3n) is 5.81. The first-order chi connectivity index (χ1) is 16.0. The van der Waals surface area contributed by atoms with Gasteiger partial charge >= 0.3 is 0 Å². The Morgan fingerprint density at radius 2 is 2.00 bits per heavy atom. The molecule has 0 bridgehead atoms. The lowest BCUT2D eigenvalue weighted by Gasteiger charge is -2.20. The number of aromatic nitrogens is 1. The first-order valence-corrected chi connectivity index (χ1v) is 11.6. The van der Waals surface area contributed by atoms with Crippen LogP contribution < -0.4 is 20.3 Å². The van der Waals surface area contributed by atoms with E-state index >= 15 is 0 Å². The van der Waals surface area contributed by atoms with Crippen molar-refractivity contribution in [1.82, 2.24) is 14.8 Å². The third kappa shape index (κ3) is 5.09. The van der Waals surface area contributed by atoms with Crippen molar-refractivity contribution in [3.63, 3.8) is 0 Å². The number of hydrogen-bond donors (Lipinski definition) is 1. The van der Waals surface area contributed by atoms with E-state index in [-0.39, 0.29) is 23.0 Å². The Morgan fingerprint density at radius 1 is 1.15 bits per heavy atom. The summed E-state index contributed by atoms with van der Waals surface area (Å²) < 4.78 is 26.6. The topological polar surface area (TPSA) is 72.8 Å². The minimum absolute atomic E-state index is 0.217. The molecule has 3 aromatic rings. The smallest absolute Gasteiger partial charge is 0.257 e. The molecule has 7 nitrogen and oxygen atoms in total. The van der Waals surface area contributed by atoms with Crippen LogP contribution in [0.2, 0.25) is 0 Å². The van der Waals surface area contributed by atoms with Gasteiger partial charge in [0.15, 0.2) is 0 Å². The molecule has 9 heteroatoms. The van der Waals surface area contributed by atoms with Crippen molar-refractivity contribution in [3.8, 4) is 11.5 Å². The molecule has 0 spiro atoms. The van der Waals surface area contributed by atoms with Crippen LogP contribution in [0.25, 0.3) is 0 Å². The Labute approximate surface area is 195 Å². The molecule has 0 fully saturated rings. The molecular weight excluding hydrogens is 445 g/mol. The van der Waals surface area contributed by atoms with Gasteiger partial charge in [-0.25, -0.2) is 4.39 Å². The summed E-state index contributed by atoms with van der Waals surface area (Å²) in [6.07, 6.45) is 0.458. The highest BCUT2D eigenvalue weighted by molar-refractivity contribution is 7.07.